The van der Waals surface area contributed by atoms with Crippen molar-refractivity contribution < 1.29 is 0 Å². The van der Waals surface area contributed by atoms with Gasteiger partial charge in [-0.1, -0.05) is 35.3 Å². The van der Waals surface area contributed by atoms with Crippen molar-refractivity contribution in [3.8, 4) is 11.1 Å². The number of halogens is 2. The van der Waals surface area contributed by atoms with Crippen molar-refractivity contribution in [2.24, 2.45) is 0 Å². The summed E-state index contributed by atoms with van der Waals surface area (Å²) in [5.41, 5.74) is 3.07. The number of aromatic nitrogens is 1. The molecule has 17 heavy (non-hydrogen) atoms. The monoisotopic (exact) mass is 266 g/mol. The van der Waals surface area contributed by atoms with E-state index >= 15 is 0 Å². The maximum atomic E-state index is 6.06. The molecule has 2 nitrogen and oxygen atoms in total. The van der Waals surface area contributed by atoms with E-state index in [0.717, 1.165) is 16.8 Å². The fraction of sp³-hybridized carbons (Fsp3) is 0.154. The number of rotatable bonds is 2. The largest absolute Gasteiger partial charge is 0.378 e. The third-order valence-corrected chi connectivity index (χ3v) is 3.01. The molecule has 0 aliphatic carbocycles. The summed E-state index contributed by atoms with van der Waals surface area (Å²) in [4.78, 5) is 6.08. The molecule has 0 amide bonds. The summed E-state index contributed by atoms with van der Waals surface area (Å²) < 4.78 is 0. The van der Waals surface area contributed by atoms with Crippen molar-refractivity contribution in [2.45, 2.75) is 0 Å². The standard InChI is InChI=1S/C13H12Cl2N2/c1-17(2)10-5-3-9(4-6-10)11-7-8-12(14)16-13(11)15/h3-8H,1-2H3. The Hall–Kier alpha value is -1.25. The lowest BCUT2D eigenvalue weighted by molar-refractivity contribution is 1.13. The minimum atomic E-state index is 0.406. The molecule has 0 fully saturated rings. The highest BCUT2D eigenvalue weighted by Crippen LogP contribution is 2.28. The van der Waals surface area contributed by atoms with Crippen LogP contribution >= 0.6 is 23.2 Å². The number of hydrogen-bond donors (Lipinski definition) is 0. The summed E-state index contributed by atoms with van der Waals surface area (Å²) >= 11 is 11.8. The molecule has 1 aromatic heterocycles. The van der Waals surface area contributed by atoms with Crippen molar-refractivity contribution in [1.82, 2.24) is 4.98 Å². The van der Waals surface area contributed by atoms with Crippen LogP contribution in [0.4, 0.5) is 5.69 Å². The van der Waals surface area contributed by atoms with E-state index in [2.05, 4.69) is 4.98 Å². The minimum Gasteiger partial charge on any atom is -0.378 e. The normalized spacial score (nSPS) is 10.4. The third-order valence-electron chi connectivity index (χ3n) is 2.51. The van der Waals surface area contributed by atoms with Gasteiger partial charge in [0.25, 0.3) is 0 Å². The van der Waals surface area contributed by atoms with Crippen LogP contribution in [0.15, 0.2) is 36.4 Å². The zero-order chi connectivity index (χ0) is 12.4. The number of pyridine rings is 1. The molecule has 0 unspecified atom stereocenters. The summed E-state index contributed by atoms with van der Waals surface area (Å²) in [6.07, 6.45) is 0. The third kappa shape index (κ3) is 2.71. The molecular formula is C13H12Cl2N2. The van der Waals surface area contributed by atoms with Crippen LogP contribution in [0.25, 0.3) is 11.1 Å². The Kier molecular flexibility index (Phi) is 3.55. The van der Waals surface area contributed by atoms with Gasteiger partial charge in [0, 0.05) is 25.3 Å². The van der Waals surface area contributed by atoms with Gasteiger partial charge in [0.2, 0.25) is 0 Å². The summed E-state index contributed by atoms with van der Waals surface area (Å²) in [7, 11) is 4.01. The molecule has 0 aliphatic heterocycles. The Morgan fingerprint density at radius 1 is 0.941 bits per heavy atom. The molecule has 4 heteroatoms. The lowest BCUT2D eigenvalue weighted by atomic mass is 10.1. The van der Waals surface area contributed by atoms with Gasteiger partial charge in [-0.25, -0.2) is 4.98 Å². The summed E-state index contributed by atoms with van der Waals surface area (Å²) in [6.45, 7) is 0. The second kappa shape index (κ2) is 4.94. The molecule has 0 atom stereocenters. The summed E-state index contributed by atoms with van der Waals surface area (Å²) in [5, 5.41) is 0.832. The highest BCUT2D eigenvalue weighted by atomic mass is 35.5. The average molecular weight is 267 g/mol. The molecule has 2 rings (SSSR count). The van der Waals surface area contributed by atoms with Crippen molar-refractivity contribution in [2.75, 3.05) is 19.0 Å². The van der Waals surface area contributed by atoms with Gasteiger partial charge in [-0.3, -0.25) is 0 Å². The molecule has 88 valence electrons. The minimum absolute atomic E-state index is 0.406. The second-order valence-corrected chi connectivity index (χ2v) is 4.66. The Bertz CT molecular complexity index is 521. The van der Waals surface area contributed by atoms with E-state index in [-0.39, 0.29) is 0 Å². The van der Waals surface area contributed by atoms with Crippen molar-refractivity contribution >= 4 is 28.9 Å². The molecule has 0 radical (unpaired) electrons. The molecule has 0 N–H and O–H groups in total. The molecule has 0 bridgehead atoms. The molecule has 0 saturated heterocycles. The van der Waals surface area contributed by atoms with Gasteiger partial charge in [-0.05, 0) is 29.8 Å². The van der Waals surface area contributed by atoms with Gasteiger partial charge < -0.3 is 4.90 Å². The fourth-order valence-electron chi connectivity index (χ4n) is 1.57. The van der Waals surface area contributed by atoms with E-state index in [1.165, 1.54) is 0 Å². The fourth-order valence-corrected chi connectivity index (χ4v) is 2.02. The number of benzene rings is 1. The highest BCUT2D eigenvalue weighted by Gasteiger charge is 2.05. The van der Waals surface area contributed by atoms with Crippen LogP contribution in [-0.2, 0) is 0 Å². The van der Waals surface area contributed by atoms with E-state index in [1.807, 2.05) is 49.3 Å². The smallest absolute Gasteiger partial charge is 0.138 e. The van der Waals surface area contributed by atoms with Crippen LogP contribution in [0, 0.1) is 0 Å². The summed E-state index contributed by atoms with van der Waals surface area (Å²) in [5.74, 6) is 0. The Morgan fingerprint density at radius 2 is 1.59 bits per heavy atom. The van der Waals surface area contributed by atoms with Crippen LogP contribution in [-0.4, -0.2) is 19.1 Å². The van der Waals surface area contributed by atoms with Crippen molar-refractivity contribution in [3.63, 3.8) is 0 Å². The van der Waals surface area contributed by atoms with Crippen molar-refractivity contribution in [3.05, 3.63) is 46.7 Å². The molecule has 2 aromatic rings. The van der Waals surface area contributed by atoms with Gasteiger partial charge in [0.05, 0.1) is 0 Å². The lowest BCUT2D eigenvalue weighted by Crippen LogP contribution is -2.07. The zero-order valence-corrected chi connectivity index (χ0v) is 11.1. The van der Waals surface area contributed by atoms with E-state index in [4.69, 9.17) is 23.2 Å². The molecule has 0 saturated carbocycles. The quantitative estimate of drug-likeness (QED) is 0.761. The van der Waals surface area contributed by atoms with Crippen LogP contribution < -0.4 is 4.90 Å². The predicted octanol–water partition coefficient (Wildman–Crippen LogP) is 4.12. The van der Waals surface area contributed by atoms with E-state index in [0.29, 0.717) is 10.3 Å². The first-order chi connectivity index (χ1) is 8.08. The van der Waals surface area contributed by atoms with E-state index < -0.39 is 0 Å². The lowest BCUT2D eigenvalue weighted by Gasteiger charge is -2.13. The second-order valence-electron chi connectivity index (χ2n) is 3.91. The molecule has 0 aliphatic rings. The highest BCUT2D eigenvalue weighted by molar-refractivity contribution is 6.34. The van der Waals surface area contributed by atoms with Gasteiger partial charge >= 0.3 is 0 Å². The number of nitrogens with zero attached hydrogens (tertiary/aromatic N) is 2. The predicted molar refractivity (Wildman–Crippen MR) is 74.0 cm³/mol. The molecular weight excluding hydrogens is 255 g/mol. The zero-order valence-electron chi connectivity index (χ0n) is 9.61. The number of anilines is 1. The molecule has 1 aromatic carbocycles. The van der Waals surface area contributed by atoms with Gasteiger partial charge in [0.1, 0.15) is 10.3 Å². The SMILES string of the molecule is CN(C)c1ccc(-c2ccc(Cl)nc2Cl)cc1. The van der Waals surface area contributed by atoms with Crippen LogP contribution in [0.3, 0.4) is 0 Å². The first kappa shape index (κ1) is 12.2. The first-order valence-corrected chi connectivity index (χ1v) is 5.93. The Morgan fingerprint density at radius 3 is 2.12 bits per heavy atom. The Labute approximate surface area is 111 Å². The topological polar surface area (TPSA) is 16.1 Å². The molecule has 1 heterocycles. The average Bonchev–Trinajstić information content (AvgIpc) is 2.29. The van der Waals surface area contributed by atoms with Crippen LogP contribution in [0.1, 0.15) is 0 Å². The van der Waals surface area contributed by atoms with E-state index in [1.54, 1.807) is 6.07 Å². The van der Waals surface area contributed by atoms with Gasteiger partial charge in [0.15, 0.2) is 0 Å². The van der Waals surface area contributed by atoms with Crippen molar-refractivity contribution in [1.29, 1.82) is 0 Å². The maximum absolute atomic E-state index is 6.06. The van der Waals surface area contributed by atoms with Gasteiger partial charge in [-0.2, -0.15) is 0 Å². The number of hydrogen-bond acceptors (Lipinski definition) is 2. The van der Waals surface area contributed by atoms with Gasteiger partial charge in [-0.15, -0.1) is 0 Å². The Balaban J connectivity index is 2.40. The molecule has 0 spiro atoms. The first-order valence-electron chi connectivity index (χ1n) is 5.18. The van der Waals surface area contributed by atoms with Crippen LogP contribution in [0.2, 0.25) is 10.3 Å². The van der Waals surface area contributed by atoms with Crippen LogP contribution in [0.5, 0.6) is 0 Å². The maximum Gasteiger partial charge on any atom is 0.138 e. The summed E-state index contributed by atoms with van der Waals surface area (Å²) in [6, 6.07) is 11.7. The van der Waals surface area contributed by atoms with E-state index in [9.17, 15) is 0 Å².